The van der Waals surface area contributed by atoms with E-state index in [1.807, 2.05) is 0 Å². The first-order chi connectivity index (χ1) is 16.7. The second kappa shape index (κ2) is 11.6. The Morgan fingerprint density at radius 1 is 1.14 bits per heavy atom. The molecule has 3 rings (SSSR count). The summed E-state index contributed by atoms with van der Waals surface area (Å²) in [6, 6.07) is 12.3. The highest BCUT2D eigenvalue weighted by Gasteiger charge is 2.33. The Kier molecular flexibility index (Phi) is 8.58. The SMILES string of the molecule is COC(=O)C(CC(=O)c1cccs1)N(N)C(=O)c1ccc(C(=O)NCc2cccc(O)c2)cc1Cl. The summed E-state index contributed by atoms with van der Waals surface area (Å²) in [5, 5.41) is 14.5. The number of amides is 2. The summed E-state index contributed by atoms with van der Waals surface area (Å²) in [7, 11) is 1.13. The number of thiophene rings is 1. The van der Waals surface area contributed by atoms with Crippen LogP contribution in [0.3, 0.4) is 0 Å². The average Bonchev–Trinajstić information content (AvgIpc) is 3.39. The van der Waals surface area contributed by atoms with Crippen LogP contribution in [-0.4, -0.2) is 46.8 Å². The minimum absolute atomic E-state index is 0.0591. The van der Waals surface area contributed by atoms with Gasteiger partial charge in [0, 0.05) is 18.5 Å². The van der Waals surface area contributed by atoms with Gasteiger partial charge >= 0.3 is 5.97 Å². The molecule has 4 N–H and O–H groups in total. The number of esters is 1. The maximum atomic E-state index is 13.0. The van der Waals surface area contributed by atoms with Crippen molar-refractivity contribution in [1.29, 1.82) is 0 Å². The van der Waals surface area contributed by atoms with Crippen LogP contribution in [0.4, 0.5) is 0 Å². The van der Waals surface area contributed by atoms with E-state index in [1.54, 1.807) is 29.6 Å². The number of rotatable bonds is 9. The number of benzene rings is 2. The van der Waals surface area contributed by atoms with Crippen LogP contribution >= 0.6 is 22.9 Å². The summed E-state index contributed by atoms with van der Waals surface area (Å²) in [4.78, 5) is 50.7. The van der Waals surface area contributed by atoms with E-state index in [-0.39, 0.29) is 40.6 Å². The zero-order valence-corrected chi connectivity index (χ0v) is 20.1. The van der Waals surface area contributed by atoms with Crippen LogP contribution in [0.2, 0.25) is 5.02 Å². The third-order valence-corrected chi connectivity index (χ3v) is 6.27. The first-order valence-corrected chi connectivity index (χ1v) is 11.6. The molecule has 0 bridgehead atoms. The van der Waals surface area contributed by atoms with Crippen molar-refractivity contribution >= 4 is 46.5 Å². The van der Waals surface area contributed by atoms with E-state index in [9.17, 15) is 24.3 Å². The van der Waals surface area contributed by atoms with E-state index in [0.717, 1.165) is 7.11 Å². The molecule has 0 fully saturated rings. The molecule has 0 saturated heterocycles. The van der Waals surface area contributed by atoms with Crippen molar-refractivity contribution in [3.8, 4) is 5.75 Å². The lowest BCUT2D eigenvalue weighted by atomic mass is 10.1. The largest absolute Gasteiger partial charge is 0.508 e. The second-order valence-electron chi connectivity index (χ2n) is 7.40. The molecule has 3 aromatic rings. The average molecular weight is 516 g/mol. The number of ketones is 1. The summed E-state index contributed by atoms with van der Waals surface area (Å²) < 4.78 is 4.73. The molecule has 0 radical (unpaired) electrons. The molecule has 0 aliphatic carbocycles. The maximum absolute atomic E-state index is 13.0. The Balaban J connectivity index is 1.72. The molecule has 0 aliphatic rings. The number of hydrazine groups is 1. The molecular formula is C24H22ClN3O6S. The third-order valence-electron chi connectivity index (χ3n) is 5.04. The number of phenols is 1. The monoisotopic (exact) mass is 515 g/mol. The second-order valence-corrected chi connectivity index (χ2v) is 8.76. The van der Waals surface area contributed by atoms with Gasteiger partial charge in [0.2, 0.25) is 0 Å². The number of hydrogen-bond donors (Lipinski definition) is 3. The van der Waals surface area contributed by atoms with Crippen molar-refractivity contribution in [2.75, 3.05) is 7.11 Å². The maximum Gasteiger partial charge on any atom is 0.330 e. The highest BCUT2D eigenvalue weighted by Crippen LogP contribution is 2.22. The van der Waals surface area contributed by atoms with E-state index < -0.39 is 23.8 Å². The van der Waals surface area contributed by atoms with E-state index >= 15 is 0 Å². The molecule has 1 unspecified atom stereocenters. The van der Waals surface area contributed by atoms with Crippen molar-refractivity contribution in [1.82, 2.24) is 10.3 Å². The number of Topliss-reactive ketones (excluding diaryl/α,β-unsaturated/α-hetero) is 1. The molecular weight excluding hydrogens is 494 g/mol. The van der Waals surface area contributed by atoms with Crippen LogP contribution in [0.25, 0.3) is 0 Å². The zero-order valence-electron chi connectivity index (χ0n) is 18.6. The van der Waals surface area contributed by atoms with Gasteiger partial charge in [-0.3, -0.25) is 19.4 Å². The van der Waals surface area contributed by atoms with Crippen molar-refractivity contribution in [2.24, 2.45) is 5.84 Å². The smallest absolute Gasteiger partial charge is 0.330 e. The normalized spacial score (nSPS) is 11.4. The van der Waals surface area contributed by atoms with E-state index in [0.29, 0.717) is 15.4 Å². The minimum Gasteiger partial charge on any atom is -0.508 e. The molecule has 1 heterocycles. The molecule has 0 spiro atoms. The molecule has 35 heavy (non-hydrogen) atoms. The molecule has 182 valence electrons. The van der Waals surface area contributed by atoms with Crippen molar-refractivity contribution in [2.45, 2.75) is 19.0 Å². The van der Waals surface area contributed by atoms with Crippen molar-refractivity contribution in [3.63, 3.8) is 0 Å². The van der Waals surface area contributed by atoms with Crippen LogP contribution < -0.4 is 11.2 Å². The summed E-state index contributed by atoms with van der Waals surface area (Å²) >= 11 is 7.46. The van der Waals surface area contributed by atoms with Crippen molar-refractivity contribution in [3.05, 3.63) is 86.6 Å². The molecule has 1 atom stereocenters. The highest BCUT2D eigenvalue weighted by molar-refractivity contribution is 7.12. The zero-order chi connectivity index (χ0) is 25.5. The first-order valence-electron chi connectivity index (χ1n) is 10.3. The Morgan fingerprint density at radius 3 is 2.54 bits per heavy atom. The number of methoxy groups -OCH3 is 1. The number of nitrogens with zero attached hydrogens (tertiary/aromatic N) is 1. The van der Waals surface area contributed by atoms with Gasteiger partial charge in [-0.15, -0.1) is 11.3 Å². The number of nitrogens with two attached hydrogens (primary N) is 1. The molecule has 0 aliphatic heterocycles. The Morgan fingerprint density at radius 2 is 1.91 bits per heavy atom. The van der Waals surface area contributed by atoms with Gasteiger partial charge in [-0.05, 0) is 47.3 Å². The Bertz CT molecular complexity index is 1250. The topological polar surface area (TPSA) is 139 Å². The summed E-state index contributed by atoms with van der Waals surface area (Å²) in [5.74, 6) is 3.52. The van der Waals surface area contributed by atoms with Gasteiger partial charge in [0.15, 0.2) is 11.8 Å². The lowest BCUT2D eigenvalue weighted by molar-refractivity contribution is -0.146. The fourth-order valence-corrected chi connectivity index (χ4v) is 4.14. The molecule has 1 aromatic heterocycles. The van der Waals surface area contributed by atoms with Crippen molar-refractivity contribution < 1.29 is 29.0 Å². The standard InChI is InChI=1S/C24H22ClN3O6S/c1-34-24(33)19(12-20(30)21-6-3-9-35-21)28(26)23(32)17-8-7-15(11-18(17)25)22(31)27-13-14-4-2-5-16(29)10-14/h2-11,19,29H,12-13,26H2,1H3,(H,27,31). The molecule has 11 heteroatoms. The van der Waals surface area contributed by atoms with Crippen LogP contribution in [0.1, 0.15) is 42.4 Å². The predicted octanol–water partition coefficient (Wildman–Crippen LogP) is 3.17. The quantitative estimate of drug-likeness (QED) is 0.131. The van der Waals surface area contributed by atoms with E-state index in [2.05, 4.69) is 5.32 Å². The van der Waals surface area contributed by atoms with Gasteiger partial charge in [-0.2, -0.15) is 0 Å². The number of carbonyl (C=O) groups is 4. The van der Waals surface area contributed by atoms with Gasteiger partial charge in [-0.1, -0.05) is 29.8 Å². The highest BCUT2D eigenvalue weighted by atomic mass is 35.5. The van der Waals surface area contributed by atoms with Crippen LogP contribution in [0, 0.1) is 0 Å². The molecule has 9 nitrogen and oxygen atoms in total. The van der Waals surface area contributed by atoms with Gasteiger partial charge in [-0.25, -0.2) is 10.6 Å². The number of halogens is 1. The van der Waals surface area contributed by atoms with E-state index in [4.69, 9.17) is 22.2 Å². The number of ether oxygens (including phenoxy) is 1. The Hall–Kier alpha value is -3.73. The number of nitrogens with one attached hydrogen (secondary N) is 1. The number of carbonyl (C=O) groups excluding carboxylic acids is 4. The molecule has 2 aromatic carbocycles. The molecule has 0 saturated carbocycles. The Labute approximate surface area is 210 Å². The number of aromatic hydroxyl groups is 1. The molecule has 2 amide bonds. The number of phenolic OH excluding ortho intramolecular Hbond substituents is 1. The summed E-state index contributed by atoms with van der Waals surface area (Å²) in [6.45, 7) is 0.168. The minimum atomic E-state index is -1.37. The third kappa shape index (κ3) is 6.44. The predicted molar refractivity (Wildman–Crippen MR) is 130 cm³/mol. The number of hydrogen-bond acceptors (Lipinski definition) is 8. The fraction of sp³-hybridized carbons (Fsp3) is 0.167. The lowest BCUT2D eigenvalue weighted by Crippen LogP contribution is -2.51. The van der Waals surface area contributed by atoms with E-state index in [1.165, 1.54) is 41.7 Å². The first kappa shape index (κ1) is 25.9. The fourth-order valence-electron chi connectivity index (χ4n) is 3.21. The van der Waals surface area contributed by atoms with Crippen LogP contribution in [-0.2, 0) is 16.1 Å². The van der Waals surface area contributed by atoms with Gasteiger partial charge in [0.05, 0.1) is 22.6 Å². The van der Waals surface area contributed by atoms with Crippen LogP contribution in [0.5, 0.6) is 5.75 Å². The van der Waals surface area contributed by atoms with Gasteiger partial charge in [0.25, 0.3) is 11.8 Å². The van der Waals surface area contributed by atoms with Gasteiger partial charge in [0.1, 0.15) is 5.75 Å². The van der Waals surface area contributed by atoms with Gasteiger partial charge < -0.3 is 15.2 Å². The lowest BCUT2D eigenvalue weighted by Gasteiger charge is -2.25. The summed E-state index contributed by atoms with van der Waals surface area (Å²) in [5.41, 5.74) is 0.824. The summed E-state index contributed by atoms with van der Waals surface area (Å²) in [6.07, 6.45) is -0.372. The van der Waals surface area contributed by atoms with Crippen LogP contribution in [0.15, 0.2) is 60.0 Å².